The van der Waals surface area contributed by atoms with Crippen LogP contribution in [-0.2, 0) is 0 Å². The van der Waals surface area contributed by atoms with Crippen molar-refractivity contribution in [3.05, 3.63) is 46.1 Å². The zero-order chi connectivity index (χ0) is 16.5. The van der Waals surface area contributed by atoms with Crippen LogP contribution in [0.15, 0.2) is 34.9 Å². The Balaban J connectivity index is 1.49. The summed E-state index contributed by atoms with van der Waals surface area (Å²) in [5.74, 6) is 0.488. The summed E-state index contributed by atoms with van der Waals surface area (Å²) in [7, 11) is 0. The highest BCUT2D eigenvalue weighted by Crippen LogP contribution is 2.32. The van der Waals surface area contributed by atoms with Gasteiger partial charge in [0.25, 0.3) is 5.91 Å². The molecule has 3 aromatic rings. The Bertz CT molecular complexity index is 883. The zero-order valence-electron chi connectivity index (χ0n) is 12.8. The van der Waals surface area contributed by atoms with Gasteiger partial charge in [-0.2, -0.15) is 0 Å². The molecule has 3 heterocycles. The molecule has 0 atom stereocenters. The minimum atomic E-state index is -0.298. The fourth-order valence-electron chi connectivity index (χ4n) is 2.92. The maximum Gasteiger partial charge on any atom is 0.293 e. The first-order valence-electron chi connectivity index (χ1n) is 7.86. The van der Waals surface area contributed by atoms with E-state index in [0.29, 0.717) is 21.7 Å². The smallest absolute Gasteiger partial charge is 0.293 e. The van der Waals surface area contributed by atoms with Crippen LogP contribution in [0.1, 0.15) is 34.2 Å². The quantitative estimate of drug-likeness (QED) is 0.731. The first kappa shape index (κ1) is 15.6. The van der Waals surface area contributed by atoms with E-state index in [4.69, 9.17) is 16.0 Å². The van der Waals surface area contributed by atoms with Gasteiger partial charge in [0.2, 0.25) is 0 Å². The number of nitrogens with zero attached hydrogens (tertiary/aromatic N) is 1. The van der Waals surface area contributed by atoms with Gasteiger partial charge < -0.3 is 9.73 Å². The highest BCUT2D eigenvalue weighted by molar-refractivity contribution is 7.15. The molecular formula is C17H16ClN3O2S. The normalized spacial score (nSPS) is 15.7. The predicted octanol–water partition coefficient (Wildman–Crippen LogP) is 4.26. The number of nitrogens with one attached hydrogen (secondary N) is 2. The molecular weight excluding hydrogens is 346 g/mol. The van der Waals surface area contributed by atoms with E-state index in [1.807, 2.05) is 6.20 Å². The van der Waals surface area contributed by atoms with Gasteiger partial charge in [-0.3, -0.25) is 10.1 Å². The molecule has 1 aliphatic rings. The Morgan fingerprint density at radius 3 is 3.00 bits per heavy atom. The maximum atomic E-state index is 12.4. The number of amides is 1. The van der Waals surface area contributed by atoms with E-state index in [1.165, 1.54) is 16.2 Å². The second kappa shape index (κ2) is 6.55. The van der Waals surface area contributed by atoms with Gasteiger partial charge in [0.1, 0.15) is 5.58 Å². The lowest BCUT2D eigenvalue weighted by molar-refractivity contribution is 0.0998. The summed E-state index contributed by atoms with van der Waals surface area (Å²) in [6.07, 6.45) is 4.09. The number of fused-ring (bicyclic) bond motifs is 1. The molecule has 1 amide bonds. The summed E-state index contributed by atoms with van der Waals surface area (Å²) >= 11 is 7.50. The fourth-order valence-corrected chi connectivity index (χ4v) is 4.09. The lowest BCUT2D eigenvalue weighted by Gasteiger charge is -2.20. The largest absolute Gasteiger partial charge is 0.451 e. The van der Waals surface area contributed by atoms with Crippen molar-refractivity contribution >= 4 is 44.9 Å². The Labute approximate surface area is 148 Å². The number of hydrogen-bond donors (Lipinski definition) is 2. The molecule has 5 nitrogen and oxygen atoms in total. The van der Waals surface area contributed by atoms with E-state index in [-0.39, 0.29) is 11.7 Å². The van der Waals surface area contributed by atoms with Crippen LogP contribution >= 0.6 is 22.9 Å². The van der Waals surface area contributed by atoms with Crippen LogP contribution in [0.4, 0.5) is 5.13 Å². The molecule has 7 heteroatoms. The van der Waals surface area contributed by atoms with Crippen molar-refractivity contribution in [2.24, 2.45) is 0 Å². The lowest BCUT2D eigenvalue weighted by Crippen LogP contribution is -2.26. The van der Waals surface area contributed by atoms with Gasteiger partial charge in [-0.25, -0.2) is 4.98 Å². The molecule has 24 heavy (non-hydrogen) atoms. The number of halogens is 1. The number of rotatable bonds is 3. The topological polar surface area (TPSA) is 67.2 Å². The maximum absolute atomic E-state index is 12.4. The summed E-state index contributed by atoms with van der Waals surface area (Å²) in [4.78, 5) is 17.9. The summed E-state index contributed by atoms with van der Waals surface area (Å²) in [5.41, 5.74) is 0.638. The highest BCUT2D eigenvalue weighted by Gasteiger charge is 2.19. The number of carbonyl (C=O) groups excluding carboxylic acids is 1. The Morgan fingerprint density at radius 1 is 1.33 bits per heavy atom. The van der Waals surface area contributed by atoms with E-state index in [9.17, 15) is 4.79 Å². The number of anilines is 1. The van der Waals surface area contributed by atoms with Crippen molar-refractivity contribution in [3.8, 4) is 0 Å². The molecule has 4 rings (SSSR count). The van der Waals surface area contributed by atoms with Crippen LogP contribution in [0.2, 0.25) is 5.02 Å². The molecule has 0 radical (unpaired) electrons. The number of aromatic nitrogens is 1. The van der Waals surface area contributed by atoms with Crippen molar-refractivity contribution in [2.45, 2.75) is 18.8 Å². The second-order valence-corrected chi connectivity index (χ2v) is 7.34. The van der Waals surface area contributed by atoms with Crippen LogP contribution < -0.4 is 10.6 Å². The SMILES string of the molecule is O=C(Nc1ncc(C2CCNCC2)s1)c1cc2cc(Cl)ccc2o1. The minimum Gasteiger partial charge on any atom is -0.451 e. The molecule has 0 spiro atoms. The third-order valence-corrected chi connectivity index (χ3v) is 5.50. The molecule has 0 saturated carbocycles. The second-order valence-electron chi connectivity index (χ2n) is 5.84. The van der Waals surface area contributed by atoms with Crippen LogP contribution in [0, 0.1) is 0 Å². The molecule has 1 aliphatic heterocycles. The van der Waals surface area contributed by atoms with E-state index in [0.717, 1.165) is 31.3 Å². The van der Waals surface area contributed by atoms with E-state index >= 15 is 0 Å². The van der Waals surface area contributed by atoms with Gasteiger partial charge in [0, 0.05) is 21.5 Å². The molecule has 2 aromatic heterocycles. The predicted molar refractivity (Wildman–Crippen MR) is 96.1 cm³/mol. The number of carbonyl (C=O) groups is 1. The summed E-state index contributed by atoms with van der Waals surface area (Å²) in [6.45, 7) is 2.07. The fraction of sp³-hybridized carbons (Fsp3) is 0.294. The number of thiazole rings is 1. The average molecular weight is 362 g/mol. The Kier molecular flexibility index (Phi) is 4.26. The van der Waals surface area contributed by atoms with Crippen LogP contribution in [0.25, 0.3) is 11.0 Å². The highest BCUT2D eigenvalue weighted by atomic mass is 35.5. The van der Waals surface area contributed by atoms with E-state index in [1.54, 1.807) is 24.3 Å². The molecule has 0 unspecified atom stereocenters. The third-order valence-electron chi connectivity index (χ3n) is 4.19. The first-order chi connectivity index (χ1) is 11.7. The minimum absolute atomic E-state index is 0.255. The van der Waals surface area contributed by atoms with Gasteiger partial charge in [0.05, 0.1) is 0 Å². The number of benzene rings is 1. The van der Waals surface area contributed by atoms with Crippen LogP contribution in [0.5, 0.6) is 0 Å². The Morgan fingerprint density at radius 2 is 2.17 bits per heavy atom. The molecule has 0 bridgehead atoms. The summed E-state index contributed by atoms with van der Waals surface area (Å²) in [5, 5.41) is 8.20. The van der Waals surface area contributed by atoms with E-state index in [2.05, 4.69) is 15.6 Å². The Hall–Kier alpha value is -1.89. The standard InChI is InChI=1S/C17H16ClN3O2S/c18-12-1-2-13-11(7-12)8-14(23-13)16(22)21-17-20-9-15(24-17)10-3-5-19-6-4-10/h1-2,7-10,19H,3-6H2,(H,20,21,22). The number of furan rings is 1. The van der Waals surface area contributed by atoms with Gasteiger partial charge in [-0.05, 0) is 56.1 Å². The first-order valence-corrected chi connectivity index (χ1v) is 9.05. The van der Waals surface area contributed by atoms with E-state index < -0.39 is 0 Å². The summed E-state index contributed by atoms with van der Waals surface area (Å²) in [6, 6.07) is 6.96. The molecule has 124 valence electrons. The van der Waals surface area contributed by atoms with Crippen LogP contribution in [0.3, 0.4) is 0 Å². The number of hydrogen-bond acceptors (Lipinski definition) is 5. The van der Waals surface area contributed by atoms with Crippen LogP contribution in [-0.4, -0.2) is 24.0 Å². The monoisotopic (exact) mass is 361 g/mol. The van der Waals surface area contributed by atoms with Crippen molar-refractivity contribution in [2.75, 3.05) is 18.4 Å². The van der Waals surface area contributed by atoms with Crippen molar-refractivity contribution < 1.29 is 9.21 Å². The van der Waals surface area contributed by atoms with Gasteiger partial charge in [0.15, 0.2) is 10.9 Å². The van der Waals surface area contributed by atoms with Gasteiger partial charge in [-0.15, -0.1) is 11.3 Å². The lowest BCUT2D eigenvalue weighted by atomic mass is 9.97. The van der Waals surface area contributed by atoms with Gasteiger partial charge >= 0.3 is 0 Å². The van der Waals surface area contributed by atoms with Gasteiger partial charge in [-0.1, -0.05) is 11.6 Å². The zero-order valence-corrected chi connectivity index (χ0v) is 14.4. The molecule has 0 aliphatic carbocycles. The third kappa shape index (κ3) is 3.17. The average Bonchev–Trinajstić information content (AvgIpc) is 3.22. The summed E-state index contributed by atoms with van der Waals surface area (Å²) < 4.78 is 5.58. The number of piperidine rings is 1. The molecule has 1 aromatic carbocycles. The molecule has 1 fully saturated rings. The van der Waals surface area contributed by atoms with Crippen molar-refractivity contribution in [3.63, 3.8) is 0 Å². The molecule has 1 saturated heterocycles. The van der Waals surface area contributed by atoms with Crippen molar-refractivity contribution in [1.82, 2.24) is 10.3 Å². The van der Waals surface area contributed by atoms with Crippen molar-refractivity contribution in [1.29, 1.82) is 0 Å². The molecule has 2 N–H and O–H groups in total.